The Bertz CT molecular complexity index is 1620. The first-order chi connectivity index (χ1) is 21.4. The Labute approximate surface area is 263 Å². The Balaban J connectivity index is 1.87. The van der Waals surface area contributed by atoms with E-state index in [1.807, 2.05) is 81.4 Å². The van der Waals surface area contributed by atoms with Crippen LogP contribution in [-0.4, -0.2) is 23.0 Å². The third-order valence-electron chi connectivity index (χ3n) is 7.77. The maximum atomic E-state index is 13.6. The van der Waals surface area contributed by atoms with Crippen LogP contribution in [0.3, 0.4) is 0 Å². The second-order valence-electron chi connectivity index (χ2n) is 12.1. The average molecular weight is 662 g/mol. The maximum absolute atomic E-state index is 13.6. The fourth-order valence-electron chi connectivity index (χ4n) is 5.29. The molecule has 0 fully saturated rings. The molecule has 0 unspecified atom stereocenters. The number of hydrogen-bond acceptors (Lipinski definition) is 3. The van der Waals surface area contributed by atoms with Crippen LogP contribution < -0.4 is 15.9 Å². The highest BCUT2D eigenvalue weighted by Crippen LogP contribution is 2.60. The number of halogens is 6. The van der Waals surface area contributed by atoms with Gasteiger partial charge in [0.25, 0.3) is 11.6 Å². The summed E-state index contributed by atoms with van der Waals surface area (Å²) in [5.74, 6) is -1.08. The standard InChI is InChI=1S/C34H31F6N2O3P/c1-32(2,3)30(41-31(43)24-18-25(33(35,36)37)20-26(19-24)34(38,39)40)22-46(28-13-6-4-7-14-28,29-15-8-5-9-16-29)21-23-11-10-12-27(17-23)42(44)45/h4-20,30H,21-22H2,1-3H3/p+1/t30-/m1/s1. The number of nitro groups is 1. The molecule has 4 aromatic rings. The number of alkyl halides is 6. The number of carbonyl (C=O) groups is 1. The van der Waals surface area contributed by atoms with Crippen LogP contribution in [0.25, 0.3) is 0 Å². The van der Waals surface area contributed by atoms with Crippen molar-refractivity contribution in [2.75, 3.05) is 6.16 Å². The normalized spacial score (nSPS) is 13.2. The van der Waals surface area contributed by atoms with Crippen molar-refractivity contribution in [3.8, 4) is 0 Å². The predicted octanol–water partition coefficient (Wildman–Crippen LogP) is 8.65. The molecule has 46 heavy (non-hydrogen) atoms. The fraction of sp³-hybridized carbons (Fsp3) is 0.265. The zero-order chi connectivity index (χ0) is 33.9. The third-order valence-corrected chi connectivity index (χ3v) is 12.2. The largest absolute Gasteiger partial charge is 0.416 e. The Morgan fingerprint density at radius 2 is 1.26 bits per heavy atom. The lowest BCUT2D eigenvalue weighted by atomic mass is 9.87. The third kappa shape index (κ3) is 8.12. The van der Waals surface area contributed by atoms with Crippen molar-refractivity contribution >= 4 is 29.5 Å². The van der Waals surface area contributed by atoms with Crippen molar-refractivity contribution in [2.24, 2.45) is 5.41 Å². The van der Waals surface area contributed by atoms with Gasteiger partial charge < -0.3 is 5.32 Å². The van der Waals surface area contributed by atoms with Crippen molar-refractivity contribution < 1.29 is 36.1 Å². The molecule has 0 saturated carbocycles. The van der Waals surface area contributed by atoms with Gasteiger partial charge in [-0.1, -0.05) is 69.3 Å². The molecule has 1 N–H and O–H groups in total. The predicted molar refractivity (Wildman–Crippen MR) is 168 cm³/mol. The summed E-state index contributed by atoms with van der Waals surface area (Å²) in [6, 6.07) is 25.1. The number of rotatable bonds is 9. The summed E-state index contributed by atoms with van der Waals surface area (Å²) in [5.41, 5.74) is -4.08. The molecule has 0 spiro atoms. The molecule has 0 bridgehead atoms. The number of nitrogens with one attached hydrogen (secondary N) is 1. The highest BCUT2D eigenvalue weighted by atomic mass is 31.2. The molecular formula is C34H32F6N2O3P+. The minimum absolute atomic E-state index is 0.0154. The van der Waals surface area contributed by atoms with Crippen LogP contribution in [0, 0.1) is 15.5 Å². The maximum Gasteiger partial charge on any atom is 0.416 e. The minimum Gasteiger partial charge on any atom is -0.345 e. The fourth-order valence-corrected chi connectivity index (χ4v) is 10.1. The molecule has 242 valence electrons. The quantitative estimate of drug-likeness (QED) is 0.0845. The molecule has 5 nitrogen and oxygen atoms in total. The molecule has 1 atom stereocenters. The molecule has 0 aliphatic rings. The van der Waals surface area contributed by atoms with Gasteiger partial charge in [-0.3, -0.25) is 14.9 Å². The molecule has 1 amide bonds. The second-order valence-corrected chi connectivity index (χ2v) is 15.7. The molecule has 0 aliphatic carbocycles. The van der Waals surface area contributed by atoms with E-state index in [2.05, 4.69) is 5.32 Å². The number of carbonyl (C=O) groups excluding carboxylic acids is 1. The summed E-state index contributed by atoms with van der Waals surface area (Å²) in [6.45, 7) is 5.47. The van der Waals surface area contributed by atoms with Gasteiger partial charge in [-0.2, -0.15) is 26.3 Å². The van der Waals surface area contributed by atoms with E-state index in [4.69, 9.17) is 0 Å². The molecule has 0 saturated heterocycles. The Hall–Kier alpha value is -4.24. The highest BCUT2D eigenvalue weighted by molar-refractivity contribution is 7.88. The zero-order valence-electron chi connectivity index (χ0n) is 25.2. The molecule has 0 radical (unpaired) electrons. The van der Waals surface area contributed by atoms with Gasteiger partial charge in [-0.05, 0) is 53.4 Å². The SMILES string of the molecule is CC(C)(C)[C@@H](C[P+](Cc1cccc([N+](=O)[O-])c1)(c1ccccc1)c1ccccc1)NC(=O)c1cc(C(F)(F)F)cc(C(F)(F)F)c1. The Morgan fingerprint density at radius 1 is 0.761 bits per heavy atom. The smallest absolute Gasteiger partial charge is 0.345 e. The van der Waals surface area contributed by atoms with E-state index >= 15 is 0 Å². The van der Waals surface area contributed by atoms with E-state index in [1.165, 1.54) is 12.1 Å². The number of nitrogens with zero attached hydrogens (tertiary/aromatic N) is 1. The summed E-state index contributed by atoms with van der Waals surface area (Å²) in [7, 11) is -2.64. The number of hydrogen-bond donors (Lipinski definition) is 1. The van der Waals surface area contributed by atoms with Crippen LogP contribution in [0.15, 0.2) is 103 Å². The summed E-state index contributed by atoms with van der Waals surface area (Å²) in [6.07, 6.45) is -9.63. The summed E-state index contributed by atoms with van der Waals surface area (Å²) in [5, 5.41) is 16.2. The first-order valence-electron chi connectivity index (χ1n) is 14.2. The van der Waals surface area contributed by atoms with E-state index in [1.54, 1.807) is 12.1 Å². The van der Waals surface area contributed by atoms with Gasteiger partial charge in [-0.25, -0.2) is 0 Å². The summed E-state index contributed by atoms with van der Waals surface area (Å²) >= 11 is 0. The first kappa shape index (κ1) is 34.6. The molecular weight excluding hydrogens is 629 g/mol. The van der Waals surface area contributed by atoms with E-state index in [0.717, 1.165) is 10.6 Å². The highest BCUT2D eigenvalue weighted by Gasteiger charge is 2.48. The van der Waals surface area contributed by atoms with Gasteiger partial charge >= 0.3 is 12.4 Å². The Morgan fingerprint density at radius 3 is 1.70 bits per heavy atom. The molecule has 0 aromatic heterocycles. The Kier molecular flexibility index (Phi) is 9.97. The lowest BCUT2D eigenvalue weighted by Gasteiger charge is -2.37. The lowest BCUT2D eigenvalue weighted by molar-refractivity contribution is -0.384. The molecule has 0 aliphatic heterocycles. The molecule has 4 aromatic carbocycles. The van der Waals surface area contributed by atoms with Gasteiger partial charge in [0.2, 0.25) is 0 Å². The molecule has 12 heteroatoms. The van der Waals surface area contributed by atoms with Crippen LogP contribution in [0.2, 0.25) is 0 Å². The molecule has 4 rings (SSSR count). The average Bonchev–Trinajstić information content (AvgIpc) is 2.99. The number of nitro benzene ring substituents is 1. The summed E-state index contributed by atoms with van der Waals surface area (Å²) < 4.78 is 81.6. The lowest BCUT2D eigenvalue weighted by Crippen LogP contribution is -2.48. The number of amides is 1. The van der Waals surface area contributed by atoms with Crippen LogP contribution in [0.5, 0.6) is 0 Å². The van der Waals surface area contributed by atoms with Crippen molar-refractivity contribution in [1.29, 1.82) is 0 Å². The minimum atomic E-state index is -5.11. The zero-order valence-corrected chi connectivity index (χ0v) is 26.1. The van der Waals surface area contributed by atoms with Gasteiger partial charge in [0, 0.05) is 17.7 Å². The van der Waals surface area contributed by atoms with Crippen molar-refractivity contribution in [1.82, 2.24) is 5.32 Å². The van der Waals surface area contributed by atoms with Crippen LogP contribution in [-0.2, 0) is 18.5 Å². The first-order valence-corrected chi connectivity index (χ1v) is 16.4. The molecule has 0 heterocycles. The van der Waals surface area contributed by atoms with Crippen LogP contribution >= 0.6 is 7.26 Å². The van der Waals surface area contributed by atoms with Gasteiger partial charge in [0.15, 0.2) is 0 Å². The van der Waals surface area contributed by atoms with E-state index in [-0.39, 0.29) is 17.9 Å². The van der Waals surface area contributed by atoms with E-state index in [0.29, 0.717) is 23.9 Å². The van der Waals surface area contributed by atoms with E-state index in [9.17, 15) is 41.3 Å². The van der Waals surface area contributed by atoms with Crippen LogP contribution in [0.4, 0.5) is 32.0 Å². The van der Waals surface area contributed by atoms with Gasteiger partial charge in [0.05, 0.1) is 52.3 Å². The second kappa shape index (κ2) is 13.2. The number of benzene rings is 4. The van der Waals surface area contributed by atoms with Crippen LogP contribution in [0.1, 0.15) is 47.8 Å². The van der Waals surface area contributed by atoms with Gasteiger partial charge in [0.1, 0.15) is 0 Å². The van der Waals surface area contributed by atoms with Crippen molar-refractivity contribution in [2.45, 2.75) is 45.3 Å². The van der Waals surface area contributed by atoms with Gasteiger partial charge in [-0.15, -0.1) is 0 Å². The number of non-ortho nitro benzene ring substituents is 1. The van der Waals surface area contributed by atoms with E-state index < -0.39 is 58.6 Å². The van der Waals surface area contributed by atoms with Crippen molar-refractivity contribution in [3.63, 3.8) is 0 Å². The summed E-state index contributed by atoms with van der Waals surface area (Å²) in [4.78, 5) is 24.7. The van der Waals surface area contributed by atoms with Crippen molar-refractivity contribution in [3.05, 3.63) is 135 Å². The topological polar surface area (TPSA) is 72.2 Å². The monoisotopic (exact) mass is 661 g/mol.